The molecule has 3 nitrogen and oxygen atoms in total. The molecule has 4 heteroatoms. The molecule has 0 unspecified atom stereocenters. The Morgan fingerprint density at radius 3 is 2.56 bits per heavy atom. The van der Waals surface area contributed by atoms with E-state index in [0.717, 1.165) is 16.6 Å². The Hall–Kier alpha value is -0.870. The summed E-state index contributed by atoms with van der Waals surface area (Å²) in [6.45, 7) is 1.39. The fourth-order valence-electron chi connectivity index (χ4n) is 1.37. The second kappa shape index (κ2) is 6.66. The number of benzene rings is 1. The van der Waals surface area contributed by atoms with E-state index in [1.165, 1.54) is 0 Å². The van der Waals surface area contributed by atoms with Crippen LogP contribution in [0.5, 0.6) is 0 Å². The number of amides is 1. The molecule has 1 aromatic rings. The van der Waals surface area contributed by atoms with Crippen LogP contribution in [0.15, 0.2) is 28.7 Å². The Morgan fingerprint density at radius 1 is 1.38 bits per heavy atom. The van der Waals surface area contributed by atoms with Crippen LogP contribution in [0.4, 0.5) is 0 Å². The minimum absolute atomic E-state index is 0.164. The Balaban J connectivity index is 2.47. The summed E-state index contributed by atoms with van der Waals surface area (Å²) in [5.74, 6) is 0.164. The Bertz CT molecular complexity index is 337. The van der Waals surface area contributed by atoms with Crippen LogP contribution in [0.3, 0.4) is 0 Å². The van der Waals surface area contributed by atoms with Crippen molar-refractivity contribution in [2.45, 2.75) is 13.0 Å². The highest BCUT2D eigenvalue weighted by Crippen LogP contribution is 2.11. The molecule has 1 N–H and O–H groups in total. The summed E-state index contributed by atoms with van der Waals surface area (Å²) in [7, 11) is 3.68. The zero-order valence-corrected chi connectivity index (χ0v) is 11.3. The number of carbonyl (C=O) groups excluding carboxylic acids is 1. The lowest BCUT2D eigenvalue weighted by atomic mass is 10.2. The largest absolute Gasteiger partial charge is 0.341 e. The van der Waals surface area contributed by atoms with Crippen LogP contribution in [-0.4, -0.2) is 31.4 Å². The van der Waals surface area contributed by atoms with Gasteiger partial charge in [-0.2, -0.15) is 0 Å². The molecular weight excluding hydrogens is 268 g/mol. The molecule has 0 fully saturated rings. The van der Waals surface area contributed by atoms with Crippen LogP contribution < -0.4 is 5.32 Å². The van der Waals surface area contributed by atoms with E-state index in [2.05, 4.69) is 21.2 Å². The molecule has 88 valence electrons. The first-order valence-electron chi connectivity index (χ1n) is 5.26. The van der Waals surface area contributed by atoms with E-state index in [9.17, 15) is 4.79 Å². The third-order valence-electron chi connectivity index (χ3n) is 2.35. The van der Waals surface area contributed by atoms with Crippen LogP contribution in [-0.2, 0) is 11.3 Å². The molecule has 1 aromatic carbocycles. The van der Waals surface area contributed by atoms with Gasteiger partial charge in [0.05, 0.1) is 0 Å². The van der Waals surface area contributed by atoms with Gasteiger partial charge in [-0.1, -0.05) is 28.1 Å². The van der Waals surface area contributed by atoms with Gasteiger partial charge in [0.2, 0.25) is 5.91 Å². The molecule has 0 radical (unpaired) electrons. The molecule has 1 rings (SSSR count). The zero-order valence-electron chi connectivity index (χ0n) is 9.66. The number of halogens is 1. The zero-order chi connectivity index (χ0) is 12.0. The second-order valence-electron chi connectivity index (χ2n) is 3.73. The van der Waals surface area contributed by atoms with Crippen molar-refractivity contribution < 1.29 is 4.79 Å². The number of nitrogens with one attached hydrogen (secondary N) is 1. The van der Waals surface area contributed by atoms with Gasteiger partial charge in [0.1, 0.15) is 0 Å². The van der Waals surface area contributed by atoms with Crippen molar-refractivity contribution in [3.05, 3.63) is 34.3 Å². The summed E-state index contributed by atoms with van der Waals surface area (Å²) in [6, 6.07) is 8.01. The molecule has 0 atom stereocenters. The molecule has 0 aromatic heterocycles. The summed E-state index contributed by atoms with van der Waals surface area (Å²) >= 11 is 3.39. The molecule has 0 bridgehead atoms. The van der Waals surface area contributed by atoms with E-state index in [-0.39, 0.29) is 5.91 Å². The highest BCUT2D eigenvalue weighted by Gasteiger charge is 2.07. The average Bonchev–Trinajstić information content (AvgIpc) is 2.29. The van der Waals surface area contributed by atoms with Gasteiger partial charge in [0, 0.05) is 31.0 Å². The van der Waals surface area contributed by atoms with Gasteiger partial charge >= 0.3 is 0 Å². The summed E-state index contributed by atoms with van der Waals surface area (Å²) in [6.07, 6.45) is 0.545. The van der Waals surface area contributed by atoms with E-state index in [1.807, 2.05) is 38.4 Å². The van der Waals surface area contributed by atoms with E-state index < -0.39 is 0 Å². The first kappa shape index (κ1) is 13.2. The molecule has 0 spiro atoms. The van der Waals surface area contributed by atoms with Gasteiger partial charge in [-0.25, -0.2) is 0 Å². The predicted molar refractivity (Wildman–Crippen MR) is 69.2 cm³/mol. The molecule has 0 saturated heterocycles. The van der Waals surface area contributed by atoms with E-state index >= 15 is 0 Å². The quantitative estimate of drug-likeness (QED) is 0.897. The van der Waals surface area contributed by atoms with Gasteiger partial charge in [0.15, 0.2) is 0 Å². The van der Waals surface area contributed by atoms with Crippen LogP contribution in [0, 0.1) is 0 Å². The molecule has 0 heterocycles. The van der Waals surface area contributed by atoms with E-state index in [0.29, 0.717) is 13.0 Å². The topological polar surface area (TPSA) is 32.3 Å². The third-order valence-corrected chi connectivity index (χ3v) is 2.88. The highest BCUT2D eigenvalue weighted by atomic mass is 79.9. The van der Waals surface area contributed by atoms with Gasteiger partial charge in [-0.3, -0.25) is 4.79 Å². The number of nitrogens with zero attached hydrogens (tertiary/aromatic N) is 1. The highest BCUT2D eigenvalue weighted by molar-refractivity contribution is 9.10. The number of hydrogen-bond acceptors (Lipinski definition) is 2. The molecule has 0 aliphatic heterocycles. The molecule has 0 aliphatic carbocycles. The first-order chi connectivity index (χ1) is 7.63. The normalized spacial score (nSPS) is 10.2. The second-order valence-corrected chi connectivity index (χ2v) is 4.65. The molecule has 0 aliphatic rings. The Labute approximate surface area is 105 Å². The van der Waals surface area contributed by atoms with Crippen LogP contribution >= 0.6 is 15.9 Å². The minimum Gasteiger partial charge on any atom is -0.341 e. The monoisotopic (exact) mass is 284 g/mol. The maximum absolute atomic E-state index is 11.6. The van der Waals surface area contributed by atoms with Crippen LogP contribution in [0.1, 0.15) is 12.0 Å². The lowest BCUT2D eigenvalue weighted by Crippen LogP contribution is -2.28. The first-order valence-corrected chi connectivity index (χ1v) is 6.06. The average molecular weight is 285 g/mol. The van der Waals surface area contributed by atoms with Gasteiger partial charge in [-0.15, -0.1) is 0 Å². The van der Waals surface area contributed by atoms with Crippen molar-refractivity contribution in [3.63, 3.8) is 0 Å². The van der Waals surface area contributed by atoms with E-state index in [1.54, 1.807) is 4.90 Å². The van der Waals surface area contributed by atoms with Crippen molar-refractivity contribution >= 4 is 21.8 Å². The predicted octanol–water partition coefficient (Wildman–Crippen LogP) is 2.02. The van der Waals surface area contributed by atoms with E-state index in [4.69, 9.17) is 0 Å². The molecule has 16 heavy (non-hydrogen) atoms. The maximum atomic E-state index is 11.6. The number of carbonyl (C=O) groups is 1. The lowest BCUT2D eigenvalue weighted by Gasteiger charge is -2.17. The maximum Gasteiger partial charge on any atom is 0.223 e. The lowest BCUT2D eigenvalue weighted by molar-refractivity contribution is -0.130. The molecular formula is C12H17BrN2O. The summed E-state index contributed by atoms with van der Waals surface area (Å²) < 4.78 is 1.06. The number of hydrogen-bond donors (Lipinski definition) is 1. The summed E-state index contributed by atoms with van der Waals surface area (Å²) in [5, 5.41) is 2.97. The standard InChI is InChI=1S/C12H17BrN2O/c1-14-8-7-12(16)15(2)9-10-3-5-11(13)6-4-10/h3-6,14H,7-9H2,1-2H3. The van der Waals surface area contributed by atoms with Gasteiger partial charge in [0.25, 0.3) is 0 Å². The fourth-order valence-corrected chi connectivity index (χ4v) is 1.64. The van der Waals surface area contributed by atoms with Crippen LogP contribution in [0.25, 0.3) is 0 Å². The molecule has 1 amide bonds. The Kier molecular flexibility index (Phi) is 5.49. The van der Waals surface area contributed by atoms with Gasteiger partial charge < -0.3 is 10.2 Å². The minimum atomic E-state index is 0.164. The van der Waals surface area contributed by atoms with Crippen molar-refractivity contribution in [1.82, 2.24) is 10.2 Å². The number of rotatable bonds is 5. The fraction of sp³-hybridized carbons (Fsp3) is 0.417. The smallest absolute Gasteiger partial charge is 0.223 e. The van der Waals surface area contributed by atoms with Crippen molar-refractivity contribution in [3.8, 4) is 0 Å². The van der Waals surface area contributed by atoms with Crippen molar-refractivity contribution in [1.29, 1.82) is 0 Å². The summed E-state index contributed by atoms with van der Waals surface area (Å²) in [5.41, 5.74) is 1.14. The third kappa shape index (κ3) is 4.33. The van der Waals surface area contributed by atoms with Crippen molar-refractivity contribution in [2.24, 2.45) is 0 Å². The van der Waals surface area contributed by atoms with Crippen LogP contribution in [0.2, 0.25) is 0 Å². The van der Waals surface area contributed by atoms with Crippen molar-refractivity contribution in [2.75, 3.05) is 20.6 Å². The summed E-state index contributed by atoms with van der Waals surface area (Å²) in [4.78, 5) is 13.4. The van der Waals surface area contributed by atoms with Gasteiger partial charge in [-0.05, 0) is 24.7 Å². The Morgan fingerprint density at radius 2 is 2.00 bits per heavy atom. The molecule has 0 saturated carbocycles. The SMILES string of the molecule is CNCCC(=O)N(C)Cc1ccc(Br)cc1.